The van der Waals surface area contributed by atoms with Gasteiger partial charge < -0.3 is 5.32 Å². The minimum absolute atomic E-state index is 0.257. The number of thioether (sulfide) groups is 2. The zero-order valence-electron chi connectivity index (χ0n) is 14.3. The SMILES string of the molecule is Cc1ccc(-n2cc(C(=O)Nc3cccc(C4SCCS4)c3)nn2)cc1. The van der Waals surface area contributed by atoms with E-state index in [2.05, 4.69) is 21.7 Å². The minimum Gasteiger partial charge on any atom is -0.321 e. The molecule has 1 amide bonds. The lowest BCUT2D eigenvalue weighted by molar-refractivity contribution is 0.102. The van der Waals surface area contributed by atoms with E-state index in [-0.39, 0.29) is 5.91 Å². The summed E-state index contributed by atoms with van der Waals surface area (Å²) in [6.07, 6.45) is 1.65. The van der Waals surface area contributed by atoms with Gasteiger partial charge in [-0.2, -0.15) is 0 Å². The van der Waals surface area contributed by atoms with Crippen molar-refractivity contribution < 1.29 is 4.79 Å². The van der Waals surface area contributed by atoms with Gasteiger partial charge in [0, 0.05) is 17.2 Å². The van der Waals surface area contributed by atoms with Crippen molar-refractivity contribution >= 4 is 35.1 Å². The molecule has 1 aliphatic heterocycles. The predicted octanol–water partition coefficient (Wildman–Crippen LogP) is 4.31. The third kappa shape index (κ3) is 3.78. The molecule has 0 saturated carbocycles. The second kappa shape index (κ2) is 7.55. The average Bonchev–Trinajstić information content (AvgIpc) is 3.35. The van der Waals surface area contributed by atoms with Gasteiger partial charge in [0.05, 0.1) is 16.5 Å². The van der Waals surface area contributed by atoms with Crippen molar-refractivity contribution in [3.8, 4) is 5.69 Å². The first-order valence-electron chi connectivity index (χ1n) is 8.33. The van der Waals surface area contributed by atoms with Gasteiger partial charge in [0.1, 0.15) is 0 Å². The number of rotatable bonds is 4. The van der Waals surface area contributed by atoms with Crippen LogP contribution in [0.4, 0.5) is 5.69 Å². The van der Waals surface area contributed by atoms with Crippen LogP contribution in [-0.2, 0) is 0 Å². The molecular weight excluding hydrogens is 364 g/mol. The van der Waals surface area contributed by atoms with Crippen LogP contribution in [0.2, 0.25) is 0 Å². The van der Waals surface area contributed by atoms with E-state index in [0.29, 0.717) is 10.3 Å². The molecule has 3 aromatic rings. The molecule has 26 heavy (non-hydrogen) atoms. The Morgan fingerprint density at radius 1 is 1.15 bits per heavy atom. The molecule has 132 valence electrons. The zero-order chi connectivity index (χ0) is 17.9. The number of carbonyl (C=O) groups excluding carboxylic acids is 1. The minimum atomic E-state index is -0.257. The lowest BCUT2D eigenvalue weighted by Crippen LogP contribution is -2.12. The van der Waals surface area contributed by atoms with Gasteiger partial charge in [-0.3, -0.25) is 4.79 Å². The molecule has 1 aromatic heterocycles. The van der Waals surface area contributed by atoms with Crippen molar-refractivity contribution in [2.45, 2.75) is 11.5 Å². The lowest BCUT2D eigenvalue weighted by Gasteiger charge is -2.10. The van der Waals surface area contributed by atoms with Gasteiger partial charge in [0.2, 0.25) is 0 Å². The Balaban J connectivity index is 1.48. The number of benzene rings is 2. The highest BCUT2D eigenvalue weighted by molar-refractivity contribution is 8.19. The van der Waals surface area contributed by atoms with Gasteiger partial charge >= 0.3 is 0 Å². The largest absolute Gasteiger partial charge is 0.321 e. The molecule has 0 atom stereocenters. The van der Waals surface area contributed by atoms with Crippen molar-refractivity contribution in [2.75, 3.05) is 16.8 Å². The summed E-state index contributed by atoms with van der Waals surface area (Å²) in [5.41, 5.74) is 4.36. The number of amides is 1. The van der Waals surface area contributed by atoms with Crippen molar-refractivity contribution in [2.24, 2.45) is 0 Å². The topological polar surface area (TPSA) is 59.8 Å². The van der Waals surface area contributed by atoms with Crippen LogP contribution >= 0.6 is 23.5 Å². The van der Waals surface area contributed by atoms with E-state index < -0.39 is 0 Å². The number of hydrogen-bond acceptors (Lipinski definition) is 5. The second-order valence-electron chi connectivity index (χ2n) is 6.04. The summed E-state index contributed by atoms with van der Waals surface area (Å²) >= 11 is 3.89. The predicted molar refractivity (Wildman–Crippen MR) is 108 cm³/mol. The molecule has 1 fully saturated rings. The van der Waals surface area contributed by atoms with Crippen LogP contribution in [-0.4, -0.2) is 32.4 Å². The maximum Gasteiger partial charge on any atom is 0.277 e. The summed E-state index contributed by atoms with van der Waals surface area (Å²) in [7, 11) is 0. The molecule has 0 aliphatic carbocycles. The van der Waals surface area contributed by atoms with E-state index in [0.717, 1.165) is 11.4 Å². The monoisotopic (exact) mass is 382 g/mol. The highest BCUT2D eigenvalue weighted by atomic mass is 32.2. The first kappa shape index (κ1) is 17.2. The van der Waals surface area contributed by atoms with Gasteiger partial charge in [-0.25, -0.2) is 4.68 Å². The number of nitrogens with one attached hydrogen (secondary N) is 1. The van der Waals surface area contributed by atoms with Crippen molar-refractivity contribution in [3.05, 3.63) is 71.5 Å². The van der Waals surface area contributed by atoms with Crippen molar-refractivity contribution in [1.29, 1.82) is 0 Å². The highest BCUT2D eigenvalue weighted by Crippen LogP contribution is 2.45. The summed E-state index contributed by atoms with van der Waals surface area (Å²) < 4.78 is 2.06. The summed E-state index contributed by atoms with van der Waals surface area (Å²) in [5, 5.41) is 11.0. The maximum atomic E-state index is 12.5. The van der Waals surface area contributed by atoms with Crippen LogP contribution in [0.15, 0.2) is 54.7 Å². The number of aromatic nitrogens is 3. The summed E-state index contributed by atoms with van der Waals surface area (Å²) in [6, 6.07) is 15.9. The fraction of sp³-hybridized carbons (Fsp3) is 0.211. The summed E-state index contributed by atoms with van der Waals surface area (Å²) in [4.78, 5) is 12.5. The van der Waals surface area contributed by atoms with E-state index in [1.54, 1.807) is 10.9 Å². The fourth-order valence-corrected chi connectivity index (χ4v) is 5.54. The molecule has 2 aromatic carbocycles. The Morgan fingerprint density at radius 2 is 1.92 bits per heavy atom. The molecule has 5 nitrogen and oxygen atoms in total. The Bertz CT molecular complexity index is 917. The van der Waals surface area contributed by atoms with Gasteiger partial charge in [0.25, 0.3) is 5.91 Å². The molecule has 2 heterocycles. The van der Waals surface area contributed by atoms with E-state index in [1.165, 1.54) is 22.6 Å². The van der Waals surface area contributed by atoms with Crippen LogP contribution in [0, 0.1) is 6.92 Å². The van der Waals surface area contributed by atoms with E-state index in [9.17, 15) is 4.79 Å². The standard InChI is InChI=1S/C19H18N4OS2/c1-13-5-7-16(8-6-13)23-12-17(21-22-23)18(24)20-15-4-2-3-14(11-15)19-25-9-10-26-19/h2-8,11-12,19H,9-10H2,1H3,(H,20,24). The summed E-state index contributed by atoms with van der Waals surface area (Å²) in [5.74, 6) is 2.09. The zero-order valence-corrected chi connectivity index (χ0v) is 15.9. The van der Waals surface area contributed by atoms with Crippen LogP contribution in [0.1, 0.15) is 26.2 Å². The van der Waals surface area contributed by atoms with Gasteiger partial charge in [-0.15, -0.1) is 28.6 Å². The van der Waals surface area contributed by atoms with Crippen LogP contribution in [0.25, 0.3) is 5.69 Å². The van der Waals surface area contributed by atoms with E-state index >= 15 is 0 Å². The number of nitrogens with zero attached hydrogens (tertiary/aromatic N) is 3. The second-order valence-corrected chi connectivity index (χ2v) is 8.76. The third-order valence-corrected chi connectivity index (χ3v) is 7.17. The molecule has 0 radical (unpaired) electrons. The number of aryl methyl sites for hydroxylation is 1. The fourth-order valence-electron chi connectivity index (χ4n) is 2.70. The highest BCUT2D eigenvalue weighted by Gasteiger charge is 2.19. The van der Waals surface area contributed by atoms with Gasteiger partial charge in [-0.05, 0) is 36.8 Å². The first-order chi connectivity index (χ1) is 12.7. The molecule has 4 rings (SSSR count). The molecule has 1 aliphatic rings. The Morgan fingerprint density at radius 3 is 2.69 bits per heavy atom. The molecule has 0 bridgehead atoms. The van der Waals surface area contributed by atoms with Crippen LogP contribution in [0.5, 0.6) is 0 Å². The van der Waals surface area contributed by atoms with Crippen LogP contribution in [0.3, 0.4) is 0 Å². The van der Waals surface area contributed by atoms with E-state index in [4.69, 9.17) is 0 Å². The molecule has 7 heteroatoms. The quantitative estimate of drug-likeness (QED) is 0.729. The first-order valence-corrected chi connectivity index (χ1v) is 10.4. The van der Waals surface area contributed by atoms with Crippen LogP contribution < -0.4 is 5.32 Å². The Kier molecular flexibility index (Phi) is 4.99. The smallest absolute Gasteiger partial charge is 0.277 e. The Labute approximate surface area is 160 Å². The molecule has 0 spiro atoms. The number of hydrogen-bond donors (Lipinski definition) is 1. The average molecular weight is 383 g/mol. The van der Waals surface area contributed by atoms with Crippen molar-refractivity contribution in [1.82, 2.24) is 15.0 Å². The van der Waals surface area contributed by atoms with E-state index in [1.807, 2.05) is 72.9 Å². The molecular formula is C19H18N4OS2. The number of carbonyl (C=O) groups is 1. The van der Waals surface area contributed by atoms with Gasteiger partial charge in [-0.1, -0.05) is 35.0 Å². The Hall–Kier alpha value is -2.25. The van der Waals surface area contributed by atoms with Gasteiger partial charge in [0.15, 0.2) is 5.69 Å². The van der Waals surface area contributed by atoms with Crippen molar-refractivity contribution in [3.63, 3.8) is 0 Å². The lowest BCUT2D eigenvalue weighted by atomic mass is 10.2. The number of anilines is 1. The third-order valence-electron chi connectivity index (χ3n) is 4.06. The normalized spacial score (nSPS) is 14.5. The molecule has 1 saturated heterocycles. The molecule has 0 unspecified atom stereocenters. The molecule has 1 N–H and O–H groups in total. The summed E-state index contributed by atoms with van der Waals surface area (Å²) in [6.45, 7) is 2.03. The maximum absolute atomic E-state index is 12.5.